The van der Waals surface area contributed by atoms with Crippen LogP contribution in [0.15, 0.2) is 24.3 Å². The Balaban J connectivity index is 2.08. The molecule has 0 saturated heterocycles. The molecule has 1 unspecified atom stereocenters. The van der Waals surface area contributed by atoms with Gasteiger partial charge in [0.1, 0.15) is 5.82 Å². The first kappa shape index (κ1) is 12.7. The molecule has 1 aliphatic carbocycles. The Labute approximate surface area is 114 Å². The van der Waals surface area contributed by atoms with Crippen molar-refractivity contribution in [3.63, 3.8) is 0 Å². The average molecular weight is 257 g/mol. The second kappa shape index (κ2) is 4.97. The molecule has 1 heterocycles. The zero-order chi connectivity index (χ0) is 13.4. The van der Waals surface area contributed by atoms with Crippen LogP contribution < -0.4 is 5.73 Å². The van der Waals surface area contributed by atoms with Crippen LogP contribution in [0, 0.1) is 5.92 Å². The molecule has 2 N–H and O–H groups in total. The largest absolute Gasteiger partial charge is 0.330 e. The van der Waals surface area contributed by atoms with Gasteiger partial charge >= 0.3 is 0 Å². The lowest BCUT2D eigenvalue weighted by molar-refractivity contribution is 0.473. The molecule has 1 aliphatic rings. The number of para-hydroxylation sites is 2. The highest BCUT2D eigenvalue weighted by Gasteiger charge is 2.30. The number of hydrogen-bond acceptors (Lipinski definition) is 2. The summed E-state index contributed by atoms with van der Waals surface area (Å²) in [7, 11) is 0. The van der Waals surface area contributed by atoms with E-state index in [1.165, 1.54) is 24.2 Å². The van der Waals surface area contributed by atoms with Gasteiger partial charge in [0.25, 0.3) is 0 Å². The van der Waals surface area contributed by atoms with Crippen LogP contribution in [0.25, 0.3) is 11.0 Å². The Bertz CT molecular complexity index is 566. The number of fused-ring (bicyclic) bond motifs is 1. The van der Waals surface area contributed by atoms with Gasteiger partial charge < -0.3 is 10.3 Å². The number of aromatic nitrogens is 2. The van der Waals surface area contributed by atoms with Gasteiger partial charge in [0.2, 0.25) is 0 Å². The fourth-order valence-corrected chi connectivity index (χ4v) is 2.94. The third-order valence-electron chi connectivity index (χ3n) is 3.94. The molecular weight excluding hydrogens is 234 g/mol. The Morgan fingerprint density at radius 2 is 2.05 bits per heavy atom. The number of rotatable bonds is 5. The lowest BCUT2D eigenvalue weighted by Crippen LogP contribution is -2.19. The molecule has 3 heteroatoms. The van der Waals surface area contributed by atoms with Gasteiger partial charge in [-0.3, -0.25) is 0 Å². The standard InChI is InChI=1S/C16H23N3/c1-11(2)9-12(10-17)16-18-14-5-3-4-6-15(14)19(16)13-7-8-13/h3-6,11-13H,7-10,17H2,1-2H3. The van der Waals surface area contributed by atoms with E-state index in [2.05, 4.69) is 42.7 Å². The maximum absolute atomic E-state index is 6.01. The average Bonchev–Trinajstić information content (AvgIpc) is 3.16. The summed E-state index contributed by atoms with van der Waals surface area (Å²) in [5.41, 5.74) is 8.41. The second-order valence-electron chi connectivity index (χ2n) is 6.12. The Morgan fingerprint density at radius 3 is 2.68 bits per heavy atom. The van der Waals surface area contributed by atoms with Gasteiger partial charge in [0.15, 0.2) is 0 Å². The maximum Gasteiger partial charge on any atom is 0.114 e. The summed E-state index contributed by atoms with van der Waals surface area (Å²) in [4.78, 5) is 4.88. The lowest BCUT2D eigenvalue weighted by Gasteiger charge is -2.18. The molecular formula is C16H23N3. The van der Waals surface area contributed by atoms with Crippen LogP contribution in [-0.4, -0.2) is 16.1 Å². The van der Waals surface area contributed by atoms with E-state index < -0.39 is 0 Å². The predicted molar refractivity (Wildman–Crippen MR) is 79.3 cm³/mol. The smallest absolute Gasteiger partial charge is 0.114 e. The monoisotopic (exact) mass is 257 g/mol. The SMILES string of the molecule is CC(C)CC(CN)c1nc2ccccc2n1C1CC1. The zero-order valence-corrected chi connectivity index (χ0v) is 11.8. The van der Waals surface area contributed by atoms with Crippen molar-refractivity contribution in [1.29, 1.82) is 0 Å². The van der Waals surface area contributed by atoms with Crippen LogP contribution in [0.3, 0.4) is 0 Å². The quantitative estimate of drug-likeness (QED) is 0.891. The van der Waals surface area contributed by atoms with Crippen LogP contribution in [-0.2, 0) is 0 Å². The van der Waals surface area contributed by atoms with Crippen molar-refractivity contribution in [2.24, 2.45) is 11.7 Å². The molecule has 1 aromatic heterocycles. The van der Waals surface area contributed by atoms with E-state index in [4.69, 9.17) is 10.7 Å². The van der Waals surface area contributed by atoms with Crippen LogP contribution in [0.5, 0.6) is 0 Å². The van der Waals surface area contributed by atoms with Gasteiger partial charge in [-0.15, -0.1) is 0 Å². The molecule has 0 radical (unpaired) electrons. The van der Waals surface area contributed by atoms with Crippen LogP contribution >= 0.6 is 0 Å². The highest BCUT2D eigenvalue weighted by Crippen LogP contribution is 2.40. The first-order valence-corrected chi connectivity index (χ1v) is 7.37. The molecule has 0 amide bonds. The summed E-state index contributed by atoms with van der Waals surface area (Å²) in [5.74, 6) is 2.24. The highest BCUT2D eigenvalue weighted by atomic mass is 15.1. The fourth-order valence-electron chi connectivity index (χ4n) is 2.94. The minimum absolute atomic E-state index is 0.382. The van der Waals surface area contributed by atoms with E-state index in [-0.39, 0.29) is 0 Å². The number of imidazole rings is 1. The minimum atomic E-state index is 0.382. The third-order valence-corrected chi connectivity index (χ3v) is 3.94. The Hall–Kier alpha value is -1.35. The predicted octanol–water partition coefficient (Wildman–Crippen LogP) is 3.46. The highest BCUT2D eigenvalue weighted by molar-refractivity contribution is 5.76. The summed E-state index contributed by atoms with van der Waals surface area (Å²) in [6, 6.07) is 9.12. The molecule has 3 nitrogen and oxygen atoms in total. The molecule has 1 fully saturated rings. The summed E-state index contributed by atoms with van der Waals surface area (Å²) in [5, 5.41) is 0. The second-order valence-corrected chi connectivity index (χ2v) is 6.12. The van der Waals surface area contributed by atoms with Crippen molar-refractivity contribution < 1.29 is 0 Å². The van der Waals surface area contributed by atoms with Gasteiger partial charge in [-0.2, -0.15) is 0 Å². The van der Waals surface area contributed by atoms with Crippen molar-refractivity contribution in [2.45, 2.75) is 45.1 Å². The molecule has 1 atom stereocenters. The maximum atomic E-state index is 6.01. The number of benzene rings is 1. The van der Waals surface area contributed by atoms with Crippen molar-refractivity contribution >= 4 is 11.0 Å². The minimum Gasteiger partial charge on any atom is -0.330 e. The van der Waals surface area contributed by atoms with Gasteiger partial charge in [-0.1, -0.05) is 26.0 Å². The van der Waals surface area contributed by atoms with Crippen molar-refractivity contribution in [3.8, 4) is 0 Å². The van der Waals surface area contributed by atoms with E-state index in [0.717, 1.165) is 11.9 Å². The molecule has 0 bridgehead atoms. The van der Waals surface area contributed by atoms with Gasteiger partial charge in [-0.05, 0) is 37.3 Å². The van der Waals surface area contributed by atoms with Gasteiger partial charge in [0, 0.05) is 18.5 Å². The number of nitrogens with zero attached hydrogens (tertiary/aromatic N) is 2. The van der Waals surface area contributed by atoms with E-state index in [9.17, 15) is 0 Å². The molecule has 1 aromatic carbocycles. The molecule has 2 aromatic rings. The summed E-state index contributed by atoms with van der Waals surface area (Å²) in [6.45, 7) is 5.20. The number of nitrogens with two attached hydrogens (primary N) is 1. The van der Waals surface area contributed by atoms with E-state index in [1.807, 2.05) is 0 Å². The topological polar surface area (TPSA) is 43.8 Å². The molecule has 0 spiro atoms. The van der Waals surface area contributed by atoms with Crippen molar-refractivity contribution in [2.75, 3.05) is 6.54 Å². The molecule has 1 saturated carbocycles. The van der Waals surface area contributed by atoms with E-state index >= 15 is 0 Å². The lowest BCUT2D eigenvalue weighted by atomic mass is 9.96. The molecule has 3 rings (SSSR count). The first-order chi connectivity index (χ1) is 9.20. The van der Waals surface area contributed by atoms with Crippen molar-refractivity contribution in [3.05, 3.63) is 30.1 Å². The van der Waals surface area contributed by atoms with Crippen LogP contribution in [0.2, 0.25) is 0 Å². The summed E-state index contributed by atoms with van der Waals surface area (Å²) < 4.78 is 2.45. The van der Waals surface area contributed by atoms with Crippen LogP contribution in [0.1, 0.15) is 50.9 Å². The molecule has 102 valence electrons. The Morgan fingerprint density at radius 1 is 1.32 bits per heavy atom. The normalized spacial score (nSPS) is 17.3. The van der Waals surface area contributed by atoms with E-state index in [0.29, 0.717) is 24.4 Å². The molecule has 19 heavy (non-hydrogen) atoms. The van der Waals surface area contributed by atoms with Crippen molar-refractivity contribution in [1.82, 2.24) is 9.55 Å². The first-order valence-electron chi connectivity index (χ1n) is 7.37. The summed E-state index contributed by atoms with van der Waals surface area (Å²) >= 11 is 0. The third kappa shape index (κ3) is 2.39. The number of hydrogen-bond donors (Lipinski definition) is 1. The van der Waals surface area contributed by atoms with Gasteiger partial charge in [0.05, 0.1) is 11.0 Å². The fraction of sp³-hybridized carbons (Fsp3) is 0.562. The van der Waals surface area contributed by atoms with E-state index in [1.54, 1.807) is 0 Å². The molecule has 0 aliphatic heterocycles. The summed E-state index contributed by atoms with van der Waals surface area (Å²) in [6.07, 6.45) is 3.69. The van der Waals surface area contributed by atoms with Crippen LogP contribution in [0.4, 0.5) is 0 Å². The Kier molecular flexibility index (Phi) is 3.31. The van der Waals surface area contributed by atoms with Gasteiger partial charge in [-0.25, -0.2) is 4.98 Å². The zero-order valence-electron chi connectivity index (χ0n) is 11.8.